The van der Waals surface area contributed by atoms with Gasteiger partial charge in [-0.05, 0) is 49.7 Å². The van der Waals surface area contributed by atoms with Gasteiger partial charge in [-0.15, -0.1) is 0 Å². The number of ketones is 1. The molecule has 3 aliphatic rings. The van der Waals surface area contributed by atoms with Crippen LogP contribution in [0.1, 0.15) is 51.2 Å². The van der Waals surface area contributed by atoms with Crippen LogP contribution in [0.25, 0.3) is 0 Å². The Morgan fingerprint density at radius 3 is 2.83 bits per heavy atom. The van der Waals surface area contributed by atoms with Gasteiger partial charge in [-0.2, -0.15) is 0 Å². The van der Waals surface area contributed by atoms with E-state index in [0.717, 1.165) is 24.0 Å². The summed E-state index contributed by atoms with van der Waals surface area (Å²) in [5.41, 5.74) is 1.52. The molecule has 0 unspecified atom stereocenters. The van der Waals surface area contributed by atoms with Gasteiger partial charge in [0.05, 0.1) is 17.9 Å². The number of rotatable bonds is 1. The van der Waals surface area contributed by atoms with Crippen LogP contribution in [0.15, 0.2) is 34.7 Å². The lowest BCUT2D eigenvalue weighted by Gasteiger charge is -2.49. The summed E-state index contributed by atoms with van der Waals surface area (Å²) in [7, 11) is 0. The fourth-order valence-corrected chi connectivity index (χ4v) is 5.14. The van der Waals surface area contributed by atoms with E-state index < -0.39 is 5.41 Å². The van der Waals surface area contributed by atoms with Gasteiger partial charge in [0.2, 0.25) is 0 Å². The second kappa shape index (κ2) is 5.08. The molecule has 0 bridgehead atoms. The number of hydrogen-bond donors (Lipinski definition) is 0. The molecular formula is C19H22O4. The molecule has 0 radical (unpaired) electrons. The molecule has 0 aromatic carbocycles. The summed E-state index contributed by atoms with van der Waals surface area (Å²) in [5.74, 6) is 0.685. The predicted octanol–water partition coefficient (Wildman–Crippen LogP) is 3.84. The SMILES string of the molecule is CC1=CC(=O)C[C@H]2[C@@H]1CC[C@@H](C)[C@]21C[C@H](c2ccoc2)OC1=O. The molecule has 4 nitrogen and oxygen atoms in total. The number of hydrogen-bond acceptors (Lipinski definition) is 4. The van der Waals surface area contributed by atoms with Crippen LogP contribution in [0.5, 0.6) is 0 Å². The fourth-order valence-electron chi connectivity index (χ4n) is 5.14. The van der Waals surface area contributed by atoms with Crippen LogP contribution in [0.2, 0.25) is 0 Å². The zero-order chi connectivity index (χ0) is 16.2. The molecule has 4 rings (SSSR count). The van der Waals surface area contributed by atoms with Crippen molar-refractivity contribution < 1.29 is 18.7 Å². The van der Waals surface area contributed by atoms with Gasteiger partial charge < -0.3 is 9.15 Å². The summed E-state index contributed by atoms with van der Waals surface area (Å²) in [6, 6.07) is 1.86. The van der Waals surface area contributed by atoms with Crippen molar-refractivity contribution in [2.24, 2.45) is 23.2 Å². The first-order valence-electron chi connectivity index (χ1n) is 8.46. The first-order chi connectivity index (χ1) is 11.0. The van der Waals surface area contributed by atoms with Crippen LogP contribution in [0, 0.1) is 23.2 Å². The van der Waals surface area contributed by atoms with E-state index in [1.807, 2.05) is 13.0 Å². The van der Waals surface area contributed by atoms with Crippen molar-refractivity contribution in [2.45, 2.75) is 45.6 Å². The molecule has 1 saturated heterocycles. The zero-order valence-electron chi connectivity index (χ0n) is 13.6. The number of carbonyl (C=O) groups is 2. The summed E-state index contributed by atoms with van der Waals surface area (Å²) in [4.78, 5) is 25.1. The third kappa shape index (κ3) is 2.03. The van der Waals surface area contributed by atoms with Gasteiger partial charge in [0.15, 0.2) is 5.78 Å². The van der Waals surface area contributed by atoms with Crippen molar-refractivity contribution in [1.82, 2.24) is 0 Å². The van der Waals surface area contributed by atoms with Crippen molar-refractivity contribution in [1.29, 1.82) is 0 Å². The maximum Gasteiger partial charge on any atom is 0.313 e. The Kier molecular flexibility index (Phi) is 3.26. The molecule has 1 spiro atoms. The highest BCUT2D eigenvalue weighted by Gasteiger charge is 2.61. The first-order valence-corrected chi connectivity index (χ1v) is 8.46. The molecule has 0 N–H and O–H groups in total. The number of furan rings is 1. The minimum atomic E-state index is -0.532. The third-order valence-electron chi connectivity index (χ3n) is 6.40. The Morgan fingerprint density at radius 2 is 2.09 bits per heavy atom. The van der Waals surface area contributed by atoms with Crippen molar-refractivity contribution in [3.05, 3.63) is 35.8 Å². The lowest BCUT2D eigenvalue weighted by Crippen LogP contribution is -2.50. The van der Waals surface area contributed by atoms with Crippen molar-refractivity contribution >= 4 is 11.8 Å². The van der Waals surface area contributed by atoms with Gasteiger partial charge in [0, 0.05) is 18.4 Å². The highest BCUT2D eigenvalue weighted by Crippen LogP contribution is 2.60. The second-order valence-electron chi connectivity index (χ2n) is 7.45. The van der Waals surface area contributed by atoms with Crippen molar-refractivity contribution in [3.63, 3.8) is 0 Å². The summed E-state index contributed by atoms with van der Waals surface area (Å²) >= 11 is 0. The Morgan fingerprint density at radius 1 is 1.26 bits per heavy atom. The van der Waals surface area contributed by atoms with Crippen LogP contribution in [-0.4, -0.2) is 11.8 Å². The number of cyclic esters (lactones) is 1. The lowest BCUT2D eigenvalue weighted by molar-refractivity contribution is -0.158. The quantitative estimate of drug-likeness (QED) is 0.739. The van der Waals surface area contributed by atoms with Crippen LogP contribution in [-0.2, 0) is 14.3 Å². The molecule has 5 atom stereocenters. The summed E-state index contributed by atoms with van der Waals surface area (Å²) in [6.07, 6.45) is 7.99. The molecule has 4 heteroatoms. The normalized spacial score (nSPS) is 40.0. The molecule has 1 aliphatic heterocycles. The Labute approximate surface area is 135 Å². The second-order valence-corrected chi connectivity index (χ2v) is 7.45. The smallest absolute Gasteiger partial charge is 0.313 e. The maximum absolute atomic E-state index is 13.0. The van der Waals surface area contributed by atoms with Gasteiger partial charge in [0.25, 0.3) is 0 Å². The van der Waals surface area contributed by atoms with E-state index in [1.165, 1.54) is 0 Å². The van der Waals surface area contributed by atoms with Gasteiger partial charge in [-0.1, -0.05) is 12.5 Å². The average molecular weight is 314 g/mol. The monoisotopic (exact) mass is 314 g/mol. The van der Waals surface area contributed by atoms with Gasteiger partial charge in [-0.3, -0.25) is 9.59 Å². The van der Waals surface area contributed by atoms with Crippen LogP contribution < -0.4 is 0 Å². The van der Waals surface area contributed by atoms with Crippen molar-refractivity contribution in [2.75, 3.05) is 0 Å². The van der Waals surface area contributed by atoms with Crippen LogP contribution >= 0.6 is 0 Å². The number of ether oxygens (including phenoxy) is 1. The summed E-state index contributed by atoms with van der Waals surface area (Å²) in [5, 5.41) is 0. The van der Waals surface area contributed by atoms with Gasteiger partial charge in [0.1, 0.15) is 6.10 Å². The molecule has 2 heterocycles. The molecule has 2 aliphatic carbocycles. The number of esters is 1. The minimum Gasteiger partial charge on any atom is -0.472 e. The zero-order valence-corrected chi connectivity index (χ0v) is 13.6. The fraction of sp³-hybridized carbons (Fsp3) is 0.579. The van der Waals surface area contributed by atoms with E-state index in [9.17, 15) is 9.59 Å². The van der Waals surface area contributed by atoms with E-state index in [-0.39, 0.29) is 29.7 Å². The Bertz CT molecular complexity index is 672. The predicted molar refractivity (Wildman–Crippen MR) is 83.4 cm³/mol. The molecule has 0 amide bonds. The highest BCUT2D eigenvalue weighted by molar-refractivity contribution is 5.93. The molecule has 2 fully saturated rings. The first kappa shape index (κ1) is 14.7. The minimum absolute atomic E-state index is 0.0770. The van der Waals surface area contributed by atoms with E-state index in [1.54, 1.807) is 18.6 Å². The lowest BCUT2D eigenvalue weighted by atomic mass is 9.52. The third-order valence-corrected chi connectivity index (χ3v) is 6.40. The molecule has 23 heavy (non-hydrogen) atoms. The summed E-state index contributed by atoms with van der Waals surface area (Å²) in [6.45, 7) is 4.18. The topological polar surface area (TPSA) is 56.5 Å². The van der Waals surface area contributed by atoms with E-state index in [4.69, 9.17) is 9.15 Å². The van der Waals surface area contributed by atoms with Gasteiger partial charge >= 0.3 is 5.97 Å². The van der Waals surface area contributed by atoms with E-state index in [2.05, 4.69) is 6.92 Å². The molecule has 1 aromatic heterocycles. The molecule has 1 aromatic rings. The Hall–Kier alpha value is -1.84. The number of carbonyl (C=O) groups excluding carboxylic acids is 2. The van der Waals surface area contributed by atoms with Crippen LogP contribution in [0.3, 0.4) is 0 Å². The highest BCUT2D eigenvalue weighted by atomic mass is 16.6. The molecule has 1 saturated carbocycles. The number of allylic oxidation sites excluding steroid dienone is 2. The standard InChI is InChI=1S/C19H22O4/c1-11-7-14(20)8-16-15(11)4-3-12(2)19(16)9-17(23-18(19)21)13-5-6-22-10-13/h5-7,10,12,15-17H,3-4,8-9H2,1-2H3/t12-,15-,16+,17-,19-/m1/s1. The average Bonchev–Trinajstić information content (AvgIpc) is 3.12. The van der Waals surface area contributed by atoms with Crippen molar-refractivity contribution in [3.8, 4) is 0 Å². The Balaban J connectivity index is 1.74. The van der Waals surface area contributed by atoms with E-state index >= 15 is 0 Å². The molecular weight excluding hydrogens is 292 g/mol. The largest absolute Gasteiger partial charge is 0.472 e. The van der Waals surface area contributed by atoms with E-state index in [0.29, 0.717) is 18.8 Å². The summed E-state index contributed by atoms with van der Waals surface area (Å²) < 4.78 is 10.9. The number of fused-ring (bicyclic) bond motifs is 2. The van der Waals surface area contributed by atoms with Crippen LogP contribution in [0.4, 0.5) is 0 Å². The van der Waals surface area contributed by atoms with Gasteiger partial charge in [-0.25, -0.2) is 0 Å². The maximum atomic E-state index is 13.0. The molecule has 122 valence electrons.